The molecule has 0 amide bonds. The lowest BCUT2D eigenvalue weighted by atomic mass is 9.85. The number of aliphatic hydroxyl groups is 1. The minimum absolute atomic E-state index is 0.189. The molecule has 4 atom stereocenters. The molecule has 2 aliphatic rings. The molecule has 0 aromatic carbocycles. The summed E-state index contributed by atoms with van der Waals surface area (Å²) >= 11 is 0. The van der Waals surface area contributed by atoms with Gasteiger partial charge in [-0.1, -0.05) is 0 Å². The van der Waals surface area contributed by atoms with Crippen LogP contribution < -0.4 is 0 Å². The van der Waals surface area contributed by atoms with Gasteiger partial charge in [-0.25, -0.2) is 4.39 Å². The lowest BCUT2D eigenvalue weighted by Crippen LogP contribution is -2.29. The molecule has 0 radical (unpaired) electrons. The topological polar surface area (TPSA) is 20.2 Å². The van der Waals surface area contributed by atoms with E-state index < -0.39 is 6.17 Å². The fraction of sp³-hybridized carbons (Fsp3) is 1.00. The van der Waals surface area contributed by atoms with Crippen molar-refractivity contribution in [3.8, 4) is 0 Å². The van der Waals surface area contributed by atoms with Crippen LogP contribution in [0.25, 0.3) is 0 Å². The second-order valence-corrected chi connectivity index (χ2v) is 3.67. The van der Waals surface area contributed by atoms with E-state index in [9.17, 15) is 9.50 Å². The van der Waals surface area contributed by atoms with Crippen LogP contribution >= 0.6 is 0 Å². The molecule has 0 aromatic rings. The summed E-state index contributed by atoms with van der Waals surface area (Å²) in [5, 5.41) is 9.24. The Labute approximate surface area is 60.2 Å². The molecule has 0 spiro atoms. The van der Waals surface area contributed by atoms with Gasteiger partial charge in [-0.05, 0) is 37.5 Å². The molecule has 2 heteroatoms. The second kappa shape index (κ2) is 2.19. The van der Waals surface area contributed by atoms with Gasteiger partial charge in [-0.2, -0.15) is 0 Å². The van der Waals surface area contributed by atoms with E-state index in [1.165, 1.54) is 0 Å². The van der Waals surface area contributed by atoms with Crippen LogP contribution in [-0.2, 0) is 0 Å². The summed E-state index contributed by atoms with van der Waals surface area (Å²) in [5.74, 6) is 0.377. The first-order chi connectivity index (χ1) is 4.77. The summed E-state index contributed by atoms with van der Waals surface area (Å²) in [6, 6.07) is 0. The summed E-state index contributed by atoms with van der Waals surface area (Å²) in [6.45, 7) is 0. The van der Waals surface area contributed by atoms with Gasteiger partial charge in [-0.3, -0.25) is 0 Å². The Morgan fingerprint density at radius 2 is 1.60 bits per heavy atom. The summed E-state index contributed by atoms with van der Waals surface area (Å²) in [5.41, 5.74) is 0. The maximum Gasteiger partial charge on any atom is 0.106 e. The molecule has 1 nitrogen and oxygen atoms in total. The molecule has 2 aliphatic carbocycles. The monoisotopic (exact) mass is 144 g/mol. The first-order valence-electron chi connectivity index (χ1n) is 4.09. The van der Waals surface area contributed by atoms with Crippen molar-refractivity contribution >= 4 is 0 Å². The van der Waals surface area contributed by atoms with E-state index in [2.05, 4.69) is 0 Å². The van der Waals surface area contributed by atoms with Crippen molar-refractivity contribution in [3.05, 3.63) is 0 Å². The minimum Gasteiger partial charge on any atom is -0.393 e. The molecule has 1 N–H and O–H groups in total. The molecule has 2 unspecified atom stereocenters. The maximum atomic E-state index is 13.1. The zero-order chi connectivity index (χ0) is 7.14. The zero-order valence-corrected chi connectivity index (χ0v) is 5.96. The van der Waals surface area contributed by atoms with Gasteiger partial charge >= 0.3 is 0 Å². The number of halogens is 1. The van der Waals surface area contributed by atoms with Crippen LogP contribution in [0.5, 0.6) is 0 Å². The first-order valence-corrected chi connectivity index (χ1v) is 4.09. The Bertz CT molecular complexity index is 123. The Morgan fingerprint density at radius 3 is 2.10 bits per heavy atom. The van der Waals surface area contributed by atoms with E-state index >= 15 is 0 Å². The number of aliphatic hydroxyl groups excluding tert-OH is 1. The minimum atomic E-state index is -0.594. The molecule has 2 saturated carbocycles. The van der Waals surface area contributed by atoms with E-state index in [1.54, 1.807) is 0 Å². The van der Waals surface area contributed by atoms with Crippen molar-refractivity contribution in [1.82, 2.24) is 0 Å². The third-order valence-electron chi connectivity index (χ3n) is 2.96. The SMILES string of the molecule is OC1C[C@H]2CC[C@@H](C1)C2F. The first kappa shape index (κ1) is 6.59. The van der Waals surface area contributed by atoms with E-state index in [0.717, 1.165) is 12.8 Å². The van der Waals surface area contributed by atoms with Gasteiger partial charge in [0.15, 0.2) is 0 Å². The molecule has 0 aromatic heterocycles. The molecular formula is C8H13FO. The molecule has 2 rings (SSSR count). The highest BCUT2D eigenvalue weighted by Gasteiger charge is 2.42. The van der Waals surface area contributed by atoms with Gasteiger partial charge in [0.25, 0.3) is 0 Å². The molecule has 0 heterocycles. The Hall–Kier alpha value is -0.110. The van der Waals surface area contributed by atoms with Crippen LogP contribution in [0.4, 0.5) is 4.39 Å². The van der Waals surface area contributed by atoms with Crippen LogP contribution in [0.15, 0.2) is 0 Å². The summed E-state index contributed by atoms with van der Waals surface area (Å²) in [6.07, 6.45) is 2.62. The second-order valence-electron chi connectivity index (χ2n) is 3.67. The highest BCUT2D eigenvalue weighted by atomic mass is 19.1. The van der Waals surface area contributed by atoms with Crippen LogP contribution in [-0.4, -0.2) is 17.4 Å². The number of fused-ring (bicyclic) bond motifs is 2. The van der Waals surface area contributed by atoms with Crippen molar-refractivity contribution in [3.63, 3.8) is 0 Å². The summed E-state index contributed by atoms with van der Waals surface area (Å²) in [4.78, 5) is 0. The Balaban J connectivity index is 2.09. The largest absolute Gasteiger partial charge is 0.393 e. The van der Waals surface area contributed by atoms with Crippen molar-refractivity contribution in [2.45, 2.75) is 38.0 Å². The number of rotatable bonds is 0. The highest BCUT2D eigenvalue weighted by molar-refractivity contribution is 4.92. The molecule has 0 aliphatic heterocycles. The van der Waals surface area contributed by atoms with Gasteiger partial charge < -0.3 is 5.11 Å². The van der Waals surface area contributed by atoms with Gasteiger partial charge in [0, 0.05) is 0 Å². The molecule has 10 heavy (non-hydrogen) atoms. The third kappa shape index (κ3) is 0.858. The zero-order valence-electron chi connectivity index (χ0n) is 5.96. The van der Waals surface area contributed by atoms with Crippen molar-refractivity contribution in [2.75, 3.05) is 0 Å². The predicted molar refractivity (Wildman–Crippen MR) is 36.4 cm³/mol. The van der Waals surface area contributed by atoms with Crippen LogP contribution in [0, 0.1) is 11.8 Å². The molecule has 2 fully saturated rings. The van der Waals surface area contributed by atoms with Crippen LogP contribution in [0.2, 0.25) is 0 Å². The third-order valence-corrected chi connectivity index (χ3v) is 2.96. The number of alkyl halides is 1. The van der Waals surface area contributed by atoms with Gasteiger partial charge in [0.1, 0.15) is 6.17 Å². The molecular weight excluding hydrogens is 131 g/mol. The molecule has 58 valence electrons. The Morgan fingerprint density at radius 1 is 1.10 bits per heavy atom. The van der Waals surface area contributed by atoms with Crippen LogP contribution in [0.1, 0.15) is 25.7 Å². The Kier molecular flexibility index (Phi) is 1.44. The van der Waals surface area contributed by atoms with E-state index in [4.69, 9.17) is 0 Å². The average Bonchev–Trinajstić information content (AvgIpc) is 2.20. The fourth-order valence-corrected chi connectivity index (χ4v) is 2.42. The number of hydrogen-bond donors (Lipinski definition) is 1. The van der Waals surface area contributed by atoms with Crippen molar-refractivity contribution < 1.29 is 9.50 Å². The summed E-state index contributed by atoms with van der Waals surface area (Å²) in [7, 11) is 0. The van der Waals surface area contributed by atoms with Crippen molar-refractivity contribution in [2.24, 2.45) is 11.8 Å². The van der Waals surface area contributed by atoms with Crippen LogP contribution in [0.3, 0.4) is 0 Å². The van der Waals surface area contributed by atoms with Gasteiger partial charge in [0.2, 0.25) is 0 Å². The average molecular weight is 144 g/mol. The number of hydrogen-bond acceptors (Lipinski definition) is 1. The lowest BCUT2D eigenvalue weighted by Gasteiger charge is -2.27. The smallest absolute Gasteiger partial charge is 0.106 e. The normalized spacial score (nSPS) is 53.4. The quantitative estimate of drug-likeness (QED) is 0.546. The van der Waals surface area contributed by atoms with E-state index in [0.29, 0.717) is 12.8 Å². The fourth-order valence-electron chi connectivity index (χ4n) is 2.42. The highest BCUT2D eigenvalue weighted by Crippen LogP contribution is 2.43. The maximum absolute atomic E-state index is 13.1. The van der Waals surface area contributed by atoms with Crippen molar-refractivity contribution in [1.29, 1.82) is 0 Å². The van der Waals surface area contributed by atoms with E-state index in [-0.39, 0.29) is 17.9 Å². The lowest BCUT2D eigenvalue weighted by molar-refractivity contribution is 0.0431. The van der Waals surface area contributed by atoms with Gasteiger partial charge in [0.05, 0.1) is 6.10 Å². The standard InChI is InChI=1S/C8H13FO/c9-8-5-1-2-6(8)4-7(10)3-5/h5-8,10H,1-4H2/t5-,6+,7?,8?. The van der Waals surface area contributed by atoms with E-state index in [1.807, 2.05) is 0 Å². The summed E-state index contributed by atoms with van der Waals surface area (Å²) < 4.78 is 13.1. The van der Waals surface area contributed by atoms with Gasteiger partial charge in [-0.15, -0.1) is 0 Å². The predicted octanol–water partition coefficient (Wildman–Crippen LogP) is 1.51. The molecule has 0 saturated heterocycles. The molecule has 2 bridgehead atoms.